The van der Waals surface area contributed by atoms with E-state index >= 15 is 0 Å². The predicted molar refractivity (Wildman–Crippen MR) is 96.3 cm³/mol. The Morgan fingerprint density at radius 2 is 1.69 bits per heavy atom. The standard InChI is InChI=1S/C18H19ClN2O5/c1-12(26-14-9-7-13(24-2)8-10-14)18(23)21-20-17(22)11-25-16-6-4-3-5-15(16)19/h3-10,12H,11H2,1-2H3,(H,20,22)(H,21,23). The second-order valence-corrected chi connectivity index (χ2v) is 5.60. The molecule has 0 saturated heterocycles. The smallest absolute Gasteiger partial charge is 0.279 e. The topological polar surface area (TPSA) is 85.9 Å². The molecular weight excluding hydrogens is 360 g/mol. The molecule has 2 rings (SSSR count). The van der Waals surface area contributed by atoms with Crippen LogP contribution in [0.15, 0.2) is 48.5 Å². The van der Waals surface area contributed by atoms with E-state index < -0.39 is 17.9 Å². The van der Waals surface area contributed by atoms with Crippen LogP contribution in [-0.4, -0.2) is 31.6 Å². The molecule has 0 bridgehead atoms. The summed E-state index contributed by atoms with van der Waals surface area (Å²) in [5, 5.41) is 0.394. The van der Waals surface area contributed by atoms with E-state index in [1.807, 2.05) is 0 Å². The van der Waals surface area contributed by atoms with Crippen LogP contribution in [0.5, 0.6) is 17.2 Å². The molecule has 26 heavy (non-hydrogen) atoms. The number of para-hydroxylation sites is 1. The fourth-order valence-electron chi connectivity index (χ4n) is 1.89. The summed E-state index contributed by atoms with van der Waals surface area (Å²) in [7, 11) is 1.56. The first-order chi connectivity index (χ1) is 12.5. The van der Waals surface area contributed by atoms with Gasteiger partial charge in [0.1, 0.15) is 17.2 Å². The number of methoxy groups -OCH3 is 1. The van der Waals surface area contributed by atoms with Crippen LogP contribution in [0.4, 0.5) is 0 Å². The van der Waals surface area contributed by atoms with Gasteiger partial charge in [-0.05, 0) is 43.3 Å². The number of hydrogen-bond donors (Lipinski definition) is 2. The van der Waals surface area contributed by atoms with Crippen molar-refractivity contribution in [3.8, 4) is 17.2 Å². The minimum atomic E-state index is -0.812. The second kappa shape index (κ2) is 9.53. The Kier molecular flexibility index (Phi) is 7.11. The first-order valence-corrected chi connectivity index (χ1v) is 8.14. The van der Waals surface area contributed by atoms with Gasteiger partial charge in [0.15, 0.2) is 12.7 Å². The quantitative estimate of drug-likeness (QED) is 0.722. The maximum absolute atomic E-state index is 12.0. The van der Waals surface area contributed by atoms with E-state index in [-0.39, 0.29) is 6.61 Å². The average molecular weight is 379 g/mol. The van der Waals surface area contributed by atoms with E-state index in [0.29, 0.717) is 22.3 Å². The third-order valence-corrected chi connectivity index (χ3v) is 3.57. The molecule has 0 spiro atoms. The first kappa shape index (κ1) is 19.4. The maximum atomic E-state index is 12.0. The molecule has 0 aromatic heterocycles. The van der Waals surface area contributed by atoms with Gasteiger partial charge in [-0.1, -0.05) is 23.7 Å². The van der Waals surface area contributed by atoms with E-state index in [1.165, 1.54) is 0 Å². The summed E-state index contributed by atoms with van der Waals surface area (Å²) in [4.78, 5) is 23.7. The lowest BCUT2D eigenvalue weighted by Crippen LogP contribution is -2.48. The summed E-state index contributed by atoms with van der Waals surface area (Å²) in [6.07, 6.45) is -0.812. The lowest BCUT2D eigenvalue weighted by atomic mass is 10.3. The van der Waals surface area contributed by atoms with Gasteiger partial charge in [-0.25, -0.2) is 0 Å². The van der Waals surface area contributed by atoms with E-state index in [1.54, 1.807) is 62.6 Å². The van der Waals surface area contributed by atoms with Gasteiger partial charge >= 0.3 is 0 Å². The van der Waals surface area contributed by atoms with Gasteiger partial charge in [0, 0.05) is 0 Å². The molecule has 0 aliphatic heterocycles. The number of benzene rings is 2. The number of nitrogens with one attached hydrogen (secondary N) is 2. The Bertz CT molecular complexity index is 752. The highest BCUT2D eigenvalue weighted by molar-refractivity contribution is 6.32. The van der Waals surface area contributed by atoms with Crippen LogP contribution in [0.25, 0.3) is 0 Å². The summed E-state index contributed by atoms with van der Waals surface area (Å²) in [6, 6.07) is 13.6. The Hall–Kier alpha value is -2.93. The monoisotopic (exact) mass is 378 g/mol. The van der Waals surface area contributed by atoms with Gasteiger partial charge < -0.3 is 14.2 Å². The van der Waals surface area contributed by atoms with Crippen LogP contribution in [0.3, 0.4) is 0 Å². The number of carbonyl (C=O) groups excluding carboxylic acids is 2. The van der Waals surface area contributed by atoms with Crippen molar-refractivity contribution >= 4 is 23.4 Å². The number of halogens is 1. The number of hydrogen-bond acceptors (Lipinski definition) is 5. The van der Waals surface area contributed by atoms with Crippen molar-refractivity contribution in [2.45, 2.75) is 13.0 Å². The van der Waals surface area contributed by atoms with E-state index in [2.05, 4.69) is 10.9 Å². The number of hydrazine groups is 1. The van der Waals surface area contributed by atoms with Crippen molar-refractivity contribution in [1.82, 2.24) is 10.9 Å². The maximum Gasteiger partial charge on any atom is 0.279 e. The highest BCUT2D eigenvalue weighted by Gasteiger charge is 2.15. The first-order valence-electron chi connectivity index (χ1n) is 7.76. The number of amides is 2. The molecule has 0 aliphatic rings. The fraction of sp³-hybridized carbons (Fsp3) is 0.222. The van der Waals surface area contributed by atoms with Crippen LogP contribution in [0, 0.1) is 0 Å². The molecule has 0 heterocycles. The molecule has 7 nitrogen and oxygen atoms in total. The van der Waals surface area contributed by atoms with Crippen molar-refractivity contribution < 1.29 is 23.8 Å². The average Bonchev–Trinajstić information content (AvgIpc) is 2.66. The Labute approximate surface area is 156 Å². The molecule has 138 valence electrons. The van der Waals surface area contributed by atoms with Crippen LogP contribution in [-0.2, 0) is 9.59 Å². The predicted octanol–water partition coefficient (Wildman–Crippen LogP) is 2.34. The van der Waals surface area contributed by atoms with Crippen molar-refractivity contribution in [2.75, 3.05) is 13.7 Å². The third-order valence-electron chi connectivity index (χ3n) is 3.26. The van der Waals surface area contributed by atoms with Crippen molar-refractivity contribution in [2.24, 2.45) is 0 Å². The Morgan fingerprint density at radius 1 is 1.04 bits per heavy atom. The molecule has 2 aromatic carbocycles. The minimum absolute atomic E-state index is 0.294. The summed E-state index contributed by atoms with van der Waals surface area (Å²) >= 11 is 5.92. The fourth-order valence-corrected chi connectivity index (χ4v) is 2.08. The molecule has 0 fully saturated rings. The largest absolute Gasteiger partial charge is 0.497 e. The van der Waals surface area contributed by atoms with Gasteiger partial charge in [0.25, 0.3) is 11.8 Å². The lowest BCUT2D eigenvalue weighted by Gasteiger charge is -2.15. The molecule has 2 amide bonds. The molecule has 0 radical (unpaired) electrons. The van der Waals surface area contributed by atoms with E-state index in [0.717, 1.165) is 0 Å². The van der Waals surface area contributed by atoms with Crippen LogP contribution < -0.4 is 25.1 Å². The zero-order valence-corrected chi connectivity index (χ0v) is 15.1. The molecule has 8 heteroatoms. The summed E-state index contributed by atoms with van der Waals surface area (Å²) in [5.41, 5.74) is 4.53. The van der Waals surface area contributed by atoms with Gasteiger partial charge in [0.05, 0.1) is 12.1 Å². The molecule has 1 atom stereocenters. The summed E-state index contributed by atoms with van der Waals surface area (Å²) < 4.78 is 15.8. The van der Waals surface area contributed by atoms with Gasteiger partial charge in [-0.2, -0.15) is 0 Å². The Balaban J connectivity index is 1.74. The lowest BCUT2D eigenvalue weighted by molar-refractivity contribution is -0.133. The highest BCUT2D eigenvalue weighted by Crippen LogP contribution is 2.22. The number of carbonyl (C=O) groups is 2. The molecule has 2 aromatic rings. The van der Waals surface area contributed by atoms with Gasteiger partial charge in [0.2, 0.25) is 0 Å². The van der Waals surface area contributed by atoms with Crippen LogP contribution in [0.2, 0.25) is 5.02 Å². The van der Waals surface area contributed by atoms with Crippen molar-refractivity contribution in [1.29, 1.82) is 0 Å². The number of ether oxygens (including phenoxy) is 3. The minimum Gasteiger partial charge on any atom is -0.497 e. The van der Waals surface area contributed by atoms with Crippen molar-refractivity contribution in [3.05, 3.63) is 53.6 Å². The van der Waals surface area contributed by atoms with Crippen LogP contribution >= 0.6 is 11.6 Å². The van der Waals surface area contributed by atoms with Crippen molar-refractivity contribution in [3.63, 3.8) is 0 Å². The SMILES string of the molecule is COc1ccc(OC(C)C(=O)NNC(=O)COc2ccccc2Cl)cc1. The zero-order chi connectivity index (χ0) is 18.9. The molecule has 1 unspecified atom stereocenters. The second-order valence-electron chi connectivity index (χ2n) is 5.19. The molecular formula is C18H19ClN2O5. The molecule has 0 saturated carbocycles. The zero-order valence-electron chi connectivity index (χ0n) is 14.3. The summed E-state index contributed by atoms with van der Waals surface area (Å²) in [6.45, 7) is 1.27. The molecule has 0 aliphatic carbocycles. The summed E-state index contributed by atoms with van der Waals surface area (Å²) in [5.74, 6) is 0.524. The van der Waals surface area contributed by atoms with Gasteiger partial charge in [-0.15, -0.1) is 0 Å². The van der Waals surface area contributed by atoms with Gasteiger partial charge in [-0.3, -0.25) is 20.4 Å². The van der Waals surface area contributed by atoms with Crippen LogP contribution in [0.1, 0.15) is 6.92 Å². The van der Waals surface area contributed by atoms with E-state index in [4.69, 9.17) is 25.8 Å². The number of rotatable bonds is 7. The highest BCUT2D eigenvalue weighted by atomic mass is 35.5. The molecule has 2 N–H and O–H groups in total. The normalized spacial score (nSPS) is 11.2. The van der Waals surface area contributed by atoms with E-state index in [9.17, 15) is 9.59 Å². The Morgan fingerprint density at radius 3 is 2.35 bits per heavy atom. The third kappa shape index (κ3) is 5.86.